The van der Waals surface area contributed by atoms with Gasteiger partial charge in [-0.3, -0.25) is 0 Å². The van der Waals surface area contributed by atoms with E-state index in [1.54, 1.807) is 6.07 Å². The summed E-state index contributed by atoms with van der Waals surface area (Å²) in [6, 6.07) is 5.90. The number of halogens is 4. The van der Waals surface area contributed by atoms with E-state index in [9.17, 15) is 13.2 Å². The van der Waals surface area contributed by atoms with Crippen molar-refractivity contribution in [2.75, 3.05) is 5.32 Å². The Balaban J connectivity index is 2.01. The van der Waals surface area contributed by atoms with E-state index in [0.29, 0.717) is 10.6 Å². The fourth-order valence-electron chi connectivity index (χ4n) is 1.72. The zero-order valence-corrected chi connectivity index (χ0v) is 11.3. The minimum atomic E-state index is -0.819. The van der Waals surface area contributed by atoms with Crippen molar-refractivity contribution < 1.29 is 13.2 Å². The van der Waals surface area contributed by atoms with Gasteiger partial charge >= 0.3 is 0 Å². The molecule has 3 rings (SSSR count). The number of nitrogens with one attached hydrogen (secondary N) is 1. The second-order valence-electron chi connectivity index (χ2n) is 4.00. The average molecular weight is 315 g/mol. The maximum atomic E-state index is 13.6. The Bertz CT molecular complexity index is 780. The Morgan fingerprint density at radius 2 is 1.85 bits per heavy atom. The third-order valence-electron chi connectivity index (χ3n) is 2.59. The molecule has 1 heterocycles. The smallest absolute Gasteiger partial charge is 0.188 e. The number of rotatable bonds is 2. The minimum absolute atomic E-state index is 0.0624. The normalized spacial score (nSPS) is 11.0. The Morgan fingerprint density at radius 3 is 2.60 bits per heavy atom. The van der Waals surface area contributed by atoms with Crippen LogP contribution in [0.5, 0.6) is 0 Å². The molecule has 2 nitrogen and oxygen atoms in total. The van der Waals surface area contributed by atoms with Crippen LogP contribution in [-0.4, -0.2) is 4.98 Å². The van der Waals surface area contributed by atoms with Crippen molar-refractivity contribution in [3.8, 4) is 0 Å². The van der Waals surface area contributed by atoms with Crippen molar-refractivity contribution in [3.63, 3.8) is 0 Å². The molecule has 0 aliphatic heterocycles. The second-order valence-corrected chi connectivity index (χ2v) is 5.44. The quantitative estimate of drug-likeness (QED) is 0.711. The van der Waals surface area contributed by atoms with Crippen LogP contribution in [0.4, 0.5) is 24.0 Å². The second kappa shape index (κ2) is 4.96. The van der Waals surface area contributed by atoms with Gasteiger partial charge < -0.3 is 5.32 Å². The molecule has 102 valence electrons. The number of nitrogens with zero attached hydrogens (tertiary/aromatic N) is 1. The third kappa shape index (κ3) is 2.44. The van der Waals surface area contributed by atoms with Gasteiger partial charge in [-0.15, -0.1) is 0 Å². The summed E-state index contributed by atoms with van der Waals surface area (Å²) in [6.07, 6.45) is 0. The van der Waals surface area contributed by atoms with Gasteiger partial charge in [0.15, 0.2) is 10.9 Å². The highest BCUT2D eigenvalue weighted by molar-refractivity contribution is 7.22. The summed E-state index contributed by atoms with van der Waals surface area (Å²) in [5.74, 6) is -1.98. The monoisotopic (exact) mass is 314 g/mol. The molecule has 7 heteroatoms. The van der Waals surface area contributed by atoms with Crippen LogP contribution in [0.15, 0.2) is 30.3 Å². The summed E-state index contributed by atoms with van der Waals surface area (Å²) in [4.78, 5) is 4.12. The van der Waals surface area contributed by atoms with Gasteiger partial charge in [-0.2, -0.15) is 0 Å². The Kier molecular flexibility index (Phi) is 3.27. The molecule has 1 aromatic heterocycles. The zero-order chi connectivity index (χ0) is 14.3. The molecule has 0 bridgehead atoms. The molecule has 0 saturated heterocycles. The van der Waals surface area contributed by atoms with E-state index < -0.39 is 17.5 Å². The Morgan fingerprint density at radius 1 is 1.05 bits per heavy atom. The van der Waals surface area contributed by atoms with Crippen molar-refractivity contribution in [1.29, 1.82) is 0 Å². The lowest BCUT2D eigenvalue weighted by Gasteiger charge is -2.06. The topological polar surface area (TPSA) is 24.9 Å². The highest BCUT2D eigenvalue weighted by atomic mass is 35.5. The van der Waals surface area contributed by atoms with Crippen molar-refractivity contribution >= 4 is 44.0 Å². The lowest BCUT2D eigenvalue weighted by Crippen LogP contribution is -1.95. The lowest BCUT2D eigenvalue weighted by atomic mass is 10.3. The number of anilines is 2. The summed E-state index contributed by atoms with van der Waals surface area (Å²) in [7, 11) is 0. The number of benzene rings is 2. The molecule has 0 spiro atoms. The first-order valence-corrected chi connectivity index (χ1v) is 6.70. The summed E-state index contributed by atoms with van der Waals surface area (Å²) < 4.78 is 40.4. The molecule has 0 aliphatic carbocycles. The Hall–Kier alpha value is -1.79. The van der Waals surface area contributed by atoms with Crippen LogP contribution in [0.1, 0.15) is 0 Å². The van der Waals surface area contributed by atoms with Gasteiger partial charge in [0.2, 0.25) is 0 Å². The number of fused-ring (bicyclic) bond motifs is 1. The van der Waals surface area contributed by atoms with Crippen LogP contribution >= 0.6 is 22.9 Å². The molecule has 0 aliphatic rings. The zero-order valence-electron chi connectivity index (χ0n) is 9.75. The van der Waals surface area contributed by atoms with Gasteiger partial charge in [0.25, 0.3) is 0 Å². The summed E-state index contributed by atoms with van der Waals surface area (Å²) in [5, 5.41) is 2.94. The number of aromatic nitrogens is 1. The van der Waals surface area contributed by atoms with Crippen LogP contribution in [-0.2, 0) is 0 Å². The first kappa shape index (κ1) is 13.2. The number of hydrogen-bond donors (Lipinski definition) is 1. The van der Waals surface area contributed by atoms with E-state index in [4.69, 9.17) is 11.6 Å². The maximum Gasteiger partial charge on any atom is 0.188 e. The van der Waals surface area contributed by atoms with Crippen LogP contribution in [0.25, 0.3) is 10.2 Å². The fraction of sp³-hybridized carbons (Fsp3) is 0. The van der Waals surface area contributed by atoms with Gasteiger partial charge in [0.05, 0.1) is 20.9 Å². The predicted molar refractivity (Wildman–Crippen MR) is 74.2 cm³/mol. The molecule has 2 aromatic carbocycles. The van der Waals surface area contributed by atoms with Crippen LogP contribution in [0, 0.1) is 17.5 Å². The number of thiazole rings is 1. The van der Waals surface area contributed by atoms with Gasteiger partial charge in [-0.1, -0.05) is 22.9 Å². The molecule has 0 unspecified atom stereocenters. The highest BCUT2D eigenvalue weighted by Crippen LogP contribution is 2.33. The molecule has 0 radical (unpaired) electrons. The van der Waals surface area contributed by atoms with Crippen molar-refractivity contribution in [2.45, 2.75) is 0 Å². The van der Waals surface area contributed by atoms with E-state index >= 15 is 0 Å². The summed E-state index contributed by atoms with van der Waals surface area (Å²) in [5.41, 5.74) is 0.392. The highest BCUT2D eigenvalue weighted by Gasteiger charge is 2.12. The molecule has 0 amide bonds. The van der Waals surface area contributed by atoms with E-state index in [-0.39, 0.29) is 10.7 Å². The van der Waals surface area contributed by atoms with Crippen molar-refractivity contribution in [1.82, 2.24) is 4.98 Å². The fourth-order valence-corrected chi connectivity index (χ4v) is 2.81. The van der Waals surface area contributed by atoms with Gasteiger partial charge in [0.1, 0.15) is 11.6 Å². The average Bonchev–Trinajstić information content (AvgIpc) is 2.75. The van der Waals surface area contributed by atoms with Crippen LogP contribution in [0.3, 0.4) is 0 Å². The Labute approximate surface area is 120 Å². The van der Waals surface area contributed by atoms with E-state index in [2.05, 4.69) is 10.3 Å². The largest absolute Gasteiger partial charge is 0.328 e. The molecule has 0 fully saturated rings. The summed E-state index contributed by atoms with van der Waals surface area (Å²) in [6.45, 7) is 0. The van der Waals surface area contributed by atoms with Crippen LogP contribution in [0.2, 0.25) is 5.02 Å². The van der Waals surface area contributed by atoms with Gasteiger partial charge in [-0.25, -0.2) is 18.2 Å². The summed E-state index contributed by atoms with van der Waals surface area (Å²) >= 11 is 7.00. The molecule has 3 aromatic rings. The van der Waals surface area contributed by atoms with Gasteiger partial charge in [0, 0.05) is 12.1 Å². The van der Waals surface area contributed by atoms with E-state index in [0.717, 1.165) is 16.8 Å². The van der Waals surface area contributed by atoms with Gasteiger partial charge in [-0.05, 0) is 18.2 Å². The molecule has 0 atom stereocenters. The third-order valence-corrected chi connectivity index (χ3v) is 3.84. The van der Waals surface area contributed by atoms with E-state index in [1.165, 1.54) is 23.5 Å². The minimum Gasteiger partial charge on any atom is -0.328 e. The molecular formula is C13H6ClF3N2S. The predicted octanol–water partition coefficient (Wildman–Crippen LogP) is 5.11. The van der Waals surface area contributed by atoms with Crippen molar-refractivity contribution in [3.05, 3.63) is 52.8 Å². The molecule has 20 heavy (non-hydrogen) atoms. The molecular weight excluding hydrogens is 309 g/mol. The molecule has 1 N–H and O–H groups in total. The van der Waals surface area contributed by atoms with E-state index in [1.807, 2.05) is 0 Å². The maximum absolute atomic E-state index is 13.6. The first-order chi connectivity index (χ1) is 9.52. The standard InChI is InChI=1S/C13H6ClF3N2S/c14-8-3-7(16)4-9(17)12(8)19-13-18-10-5-6(15)1-2-11(10)20-13/h1-5H,(H,18,19). The van der Waals surface area contributed by atoms with Crippen LogP contribution < -0.4 is 5.32 Å². The lowest BCUT2D eigenvalue weighted by molar-refractivity contribution is 0.586. The molecule has 0 saturated carbocycles. The SMILES string of the molecule is Fc1cc(F)c(Nc2nc3cc(F)ccc3s2)c(Cl)c1. The van der Waals surface area contributed by atoms with Crippen molar-refractivity contribution in [2.24, 2.45) is 0 Å². The number of hydrogen-bond acceptors (Lipinski definition) is 3. The first-order valence-electron chi connectivity index (χ1n) is 5.50.